The summed E-state index contributed by atoms with van der Waals surface area (Å²) in [5.74, 6) is 0. The standard InChI is InChI=1S/C11H17NOS/c1-3-12-6-7-13-10(8-12)11-5-4-9(2)14-11/h4-5,10H,3,6-8H2,1-2H3. The van der Waals surface area contributed by atoms with Gasteiger partial charge in [0.1, 0.15) is 6.10 Å². The van der Waals surface area contributed by atoms with Crippen LogP contribution in [0.4, 0.5) is 0 Å². The number of morpholine rings is 1. The Bertz CT molecular complexity index is 297. The first-order chi connectivity index (χ1) is 6.79. The van der Waals surface area contributed by atoms with Gasteiger partial charge in [0.2, 0.25) is 0 Å². The largest absolute Gasteiger partial charge is 0.370 e. The summed E-state index contributed by atoms with van der Waals surface area (Å²) in [5, 5.41) is 0. The molecule has 1 atom stereocenters. The number of aryl methyl sites for hydroxylation is 1. The van der Waals surface area contributed by atoms with Crippen LogP contribution in [0.25, 0.3) is 0 Å². The molecule has 2 nitrogen and oxygen atoms in total. The molecule has 1 aliphatic rings. The number of likely N-dealkylation sites (N-methyl/N-ethyl adjacent to an activating group) is 1. The van der Waals surface area contributed by atoms with Gasteiger partial charge >= 0.3 is 0 Å². The second-order valence-corrected chi connectivity index (χ2v) is 5.02. The summed E-state index contributed by atoms with van der Waals surface area (Å²) in [6, 6.07) is 4.37. The van der Waals surface area contributed by atoms with Crippen molar-refractivity contribution >= 4 is 11.3 Å². The molecule has 1 saturated heterocycles. The molecular formula is C11H17NOS. The van der Waals surface area contributed by atoms with E-state index in [0.717, 1.165) is 26.2 Å². The fraction of sp³-hybridized carbons (Fsp3) is 0.636. The van der Waals surface area contributed by atoms with Crippen LogP contribution in [0.3, 0.4) is 0 Å². The van der Waals surface area contributed by atoms with E-state index in [-0.39, 0.29) is 0 Å². The SMILES string of the molecule is CCN1CCOC(c2ccc(C)s2)C1. The number of ether oxygens (including phenoxy) is 1. The van der Waals surface area contributed by atoms with Crippen molar-refractivity contribution in [3.63, 3.8) is 0 Å². The summed E-state index contributed by atoms with van der Waals surface area (Å²) in [6.45, 7) is 8.49. The lowest BCUT2D eigenvalue weighted by molar-refractivity contribution is -0.0263. The first-order valence-electron chi connectivity index (χ1n) is 5.20. The Hall–Kier alpha value is -0.380. The molecule has 1 aliphatic heterocycles. The summed E-state index contributed by atoms with van der Waals surface area (Å²) in [6.07, 6.45) is 0.308. The number of hydrogen-bond acceptors (Lipinski definition) is 3. The maximum atomic E-state index is 5.78. The number of rotatable bonds is 2. The van der Waals surface area contributed by atoms with Gasteiger partial charge in [-0.15, -0.1) is 11.3 Å². The molecule has 1 fully saturated rings. The third-order valence-corrected chi connectivity index (χ3v) is 3.77. The van der Waals surface area contributed by atoms with Gasteiger partial charge in [-0.2, -0.15) is 0 Å². The van der Waals surface area contributed by atoms with Crippen LogP contribution in [-0.2, 0) is 4.74 Å². The Kier molecular flexibility index (Phi) is 3.21. The van der Waals surface area contributed by atoms with E-state index in [1.807, 2.05) is 11.3 Å². The molecule has 2 rings (SSSR count). The third-order valence-electron chi connectivity index (χ3n) is 2.68. The van der Waals surface area contributed by atoms with Gasteiger partial charge in [0, 0.05) is 22.8 Å². The minimum atomic E-state index is 0.308. The molecule has 0 bridgehead atoms. The third kappa shape index (κ3) is 2.16. The molecule has 2 heterocycles. The van der Waals surface area contributed by atoms with Crippen LogP contribution in [0.1, 0.15) is 22.8 Å². The molecule has 0 radical (unpaired) electrons. The first kappa shape index (κ1) is 10.1. The van der Waals surface area contributed by atoms with E-state index >= 15 is 0 Å². The topological polar surface area (TPSA) is 12.5 Å². The summed E-state index contributed by atoms with van der Waals surface area (Å²) in [5.41, 5.74) is 0. The molecule has 78 valence electrons. The van der Waals surface area contributed by atoms with E-state index < -0.39 is 0 Å². The van der Waals surface area contributed by atoms with Gasteiger partial charge in [-0.1, -0.05) is 6.92 Å². The van der Waals surface area contributed by atoms with E-state index in [0.29, 0.717) is 6.10 Å². The molecule has 3 heteroatoms. The van der Waals surface area contributed by atoms with Crippen LogP contribution in [0.5, 0.6) is 0 Å². The van der Waals surface area contributed by atoms with Crippen LogP contribution in [0, 0.1) is 6.92 Å². The maximum Gasteiger partial charge on any atom is 0.104 e. The lowest BCUT2D eigenvalue weighted by Gasteiger charge is -2.31. The molecule has 1 aromatic rings. The Labute approximate surface area is 89.5 Å². The van der Waals surface area contributed by atoms with Gasteiger partial charge in [0.25, 0.3) is 0 Å². The average Bonchev–Trinajstić information content (AvgIpc) is 2.65. The lowest BCUT2D eigenvalue weighted by atomic mass is 10.2. The van der Waals surface area contributed by atoms with Crippen molar-refractivity contribution in [2.45, 2.75) is 20.0 Å². The molecule has 1 unspecified atom stereocenters. The second kappa shape index (κ2) is 4.43. The molecule has 0 amide bonds. The molecule has 0 N–H and O–H groups in total. The minimum absolute atomic E-state index is 0.308. The van der Waals surface area contributed by atoms with Crippen LogP contribution in [-0.4, -0.2) is 31.1 Å². The predicted molar refractivity (Wildman–Crippen MR) is 59.9 cm³/mol. The normalized spacial score (nSPS) is 24.0. The van der Waals surface area contributed by atoms with Gasteiger partial charge in [-0.25, -0.2) is 0 Å². The molecule has 0 spiro atoms. The van der Waals surface area contributed by atoms with Gasteiger partial charge in [0.15, 0.2) is 0 Å². The fourth-order valence-corrected chi connectivity index (χ4v) is 2.71. The highest BCUT2D eigenvalue weighted by Gasteiger charge is 2.21. The van der Waals surface area contributed by atoms with Crippen molar-refractivity contribution < 1.29 is 4.74 Å². The van der Waals surface area contributed by atoms with Crippen molar-refractivity contribution in [3.05, 3.63) is 21.9 Å². The van der Waals surface area contributed by atoms with E-state index in [1.54, 1.807) is 0 Å². The van der Waals surface area contributed by atoms with Crippen molar-refractivity contribution in [3.8, 4) is 0 Å². The predicted octanol–water partition coefficient (Wildman–Crippen LogP) is 2.45. The fourth-order valence-electron chi connectivity index (χ4n) is 1.79. The molecule has 0 aromatic carbocycles. The number of hydrogen-bond donors (Lipinski definition) is 0. The van der Waals surface area contributed by atoms with Gasteiger partial charge < -0.3 is 4.74 Å². The summed E-state index contributed by atoms with van der Waals surface area (Å²) in [7, 11) is 0. The van der Waals surface area contributed by atoms with Crippen molar-refractivity contribution in [2.75, 3.05) is 26.2 Å². The van der Waals surface area contributed by atoms with Crippen molar-refractivity contribution in [1.82, 2.24) is 4.90 Å². The maximum absolute atomic E-state index is 5.78. The Balaban J connectivity index is 2.04. The molecule has 0 aliphatic carbocycles. The van der Waals surface area contributed by atoms with Crippen LogP contribution in [0.2, 0.25) is 0 Å². The molecule has 14 heavy (non-hydrogen) atoms. The van der Waals surface area contributed by atoms with Gasteiger partial charge in [-0.05, 0) is 25.6 Å². The van der Waals surface area contributed by atoms with Crippen LogP contribution in [0.15, 0.2) is 12.1 Å². The highest BCUT2D eigenvalue weighted by Crippen LogP contribution is 2.28. The van der Waals surface area contributed by atoms with E-state index in [1.165, 1.54) is 9.75 Å². The summed E-state index contributed by atoms with van der Waals surface area (Å²) in [4.78, 5) is 5.20. The zero-order chi connectivity index (χ0) is 9.97. The highest BCUT2D eigenvalue weighted by molar-refractivity contribution is 7.12. The van der Waals surface area contributed by atoms with E-state index in [9.17, 15) is 0 Å². The monoisotopic (exact) mass is 211 g/mol. The zero-order valence-corrected chi connectivity index (χ0v) is 9.64. The lowest BCUT2D eigenvalue weighted by Crippen LogP contribution is -2.37. The van der Waals surface area contributed by atoms with E-state index in [4.69, 9.17) is 4.74 Å². The van der Waals surface area contributed by atoms with E-state index in [2.05, 4.69) is 30.9 Å². The van der Waals surface area contributed by atoms with Gasteiger partial charge in [0.05, 0.1) is 6.61 Å². The highest BCUT2D eigenvalue weighted by atomic mass is 32.1. The molecular weight excluding hydrogens is 194 g/mol. The Morgan fingerprint density at radius 2 is 2.43 bits per heavy atom. The van der Waals surface area contributed by atoms with Crippen molar-refractivity contribution in [1.29, 1.82) is 0 Å². The minimum Gasteiger partial charge on any atom is -0.370 e. The summed E-state index contributed by atoms with van der Waals surface area (Å²) >= 11 is 1.86. The number of thiophene rings is 1. The van der Waals surface area contributed by atoms with Crippen molar-refractivity contribution in [2.24, 2.45) is 0 Å². The van der Waals surface area contributed by atoms with Crippen LogP contribution >= 0.6 is 11.3 Å². The quantitative estimate of drug-likeness (QED) is 0.745. The smallest absolute Gasteiger partial charge is 0.104 e. The van der Waals surface area contributed by atoms with Gasteiger partial charge in [-0.3, -0.25) is 4.90 Å². The Morgan fingerprint density at radius 3 is 3.07 bits per heavy atom. The van der Waals surface area contributed by atoms with Crippen LogP contribution < -0.4 is 0 Å². The second-order valence-electron chi connectivity index (χ2n) is 3.70. The zero-order valence-electron chi connectivity index (χ0n) is 8.82. The summed E-state index contributed by atoms with van der Waals surface area (Å²) < 4.78 is 5.78. The Morgan fingerprint density at radius 1 is 1.57 bits per heavy atom. The first-order valence-corrected chi connectivity index (χ1v) is 6.01. The average molecular weight is 211 g/mol. The molecule has 1 aromatic heterocycles. The number of nitrogens with zero attached hydrogens (tertiary/aromatic N) is 1. The molecule has 0 saturated carbocycles.